The second-order valence-corrected chi connectivity index (χ2v) is 6.23. The normalized spacial score (nSPS) is 12.9. The third-order valence-corrected chi connectivity index (χ3v) is 4.24. The summed E-state index contributed by atoms with van der Waals surface area (Å²) < 4.78 is 61.3. The molecule has 19 heavy (non-hydrogen) atoms. The quantitative estimate of drug-likeness (QED) is 0.757. The second-order valence-electron chi connectivity index (χ2n) is 3.88. The fourth-order valence-electron chi connectivity index (χ4n) is 1.49. The van der Waals surface area contributed by atoms with Crippen molar-refractivity contribution in [2.75, 3.05) is 19.0 Å². The largest absolute Gasteiger partial charge is 0.402 e. The number of benzene rings is 1. The lowest BCUT2D eigenvalue weighted by molar-refractivity contribution is -0.135. The lowest BCUT2D eigenvalue weighted by Gasteiger charge is -2.22. The minimum atomic E-state index is -4.59. The summed E-state index contributed by atoms with van der Waals surface area (Å²) in [6.45, 7) is -1.88. The summed E-state index contributed by atoms with van der Waals surface area (Å²) in [5.74, 6) is -0.662. The summed E-state index contributed by atoms with van der Waals surface area (Å²) in [5.41, 5.74) is 0.434. The Hall–Kier alpha value is -0.790. The number of sulfonamides is 1. The first-order chi connectivity index (χ1) is 8.74. The van der Waals surface area contributed by atoms with Crippen LogP contribution in [0, 0.1) is 0 Å². The van der Waals surface area contributed by atoms with Gasteiger partial charge in [0.1, 0.15) is 6.54 Å². The van der Waals surface area contributed by atoms with E-state index in [-0.39, 0.29) is 12.4 Å². The molecule has 108 valence electrons. The van der Waals surface area contributed by atoms with E-state index >= 15 is 0 Å². The highest BCUT2D eigenvalue weighted by molar-refractivity contribution is 7.88. The minimum Gasteiger partial charge on any atom is -0.212 e. The highest BCUT2D eigenvalue weighted by Gasteiger charge is 2.35. The number of rotatable bonds is 6. The fourth-order valence-corrected chi connectivity index (χ4v) is 3.30. The Kier molecular flexibility index (Phi) is 5.64. The summed E-state index contributed by atoms with van der Waals surface area (Å²) >= 11 is 5.36. The van der Waals surface area contributed by atoms with Crippen LogP contribution in [0.15, 0.2) is 30.3 Å². The molecule has 0 radical (unpaired) electrons. The summed E-state index contributed by atoms with van der Waals surface area (Å²) in [5, 5.41) is 0. The molecule has 0 saturated carbocycles. The number of alkyl halides is 4. The molecular formula is C11H13ClF3NO2S. The van der Waals surface area contributed by atoms with Crippen LogP contribution < -0.4 is 0 Å². The first kappa shape index (κ1) is 16.3. The second kappa shape index (κ2) is 6.58. The van der Waals surface area contributed by atoms with E-state index in [0.29, 0.717) is 9.87 Å². The zero-order valence-electron chi connectivity index (χ0n) is 9.90. The zero-order valence-corrected chi connectivity index (χ0v) is 11.5. The molecule has 0 saturated heterocycles. The van der Waals surface area contributed by atoms with Gasteiger partial charge in [-0.25, -0.2) is 8.42 Å². The Morgan fingerprint density at radius 1 is 1.16 bits per heavy atom. The number of hydrogen-bond donors (Lipinski definition) is 0. The summed E-state index contributed by atoms with van der Waals surface area (Å²) in [6.07, 6.45) is -4.59. The maximum Gasteiger partial charge on any atom is 0.402 e. The predicted octanol–water partition coefficient (Wildman–Crippen LogP) is 2.62. The highest BCUT2D eigenvalue weighted by atomic mass is 35.5. The summed E-state index contributed by atoms with van der Waals surface area (Å²) in [4.78, 5) is 0. The van der Waals surface area contributed by atoms with Gasteiger partial charge in [-0.15, -0.1) is 11.6 Å². The summed E-state index contributed by atoms with van der Waals surface area (Å²) in [6, 6.07) is 8.04. The topological polar surface area (TPSA) is 37.4 Å². The Morgan fingerprint density at radius 2 is 1.74 bits per heavy atom. The van der Waals surface area contributed by atoms with Crippen molar-refractivity contribution in [2.45, 2.75) is 11.9 Å². The van der Waals surface area contributed by atoms with Gasteiger partial charge in [0.05, 0.1) is 5.75 Å². The Morgan fingerprint density at radius 3 is 2.21 bits per heavy atom. The van der Waals surface area contributed by atoms with E-state index in [2.05, 4.69) is 0 Å². The van der Waals surface area contributed by atoms with E-state index in [0.717, 1.165) is 0 Å². The molecule has 0 spiro atoms. The molecule has 1 rings (SSSR count). The molecule has 1 aromatic carbocycles. The van der Waals surface area contributed by atoms with Gasteiger partial charge in [-0.1, -0.05) is 30.3 Å². The first-order valence-electron chi connectivity index (χ1n) is 5.39. The van der Waals surface area contributed by atoms with Gasteiger partial charge >= 0.3 is 6.18 Å². The zero-order chi connectivity index (χ0) is 14.5. The first-order valence-corrected chi connectivity index (χ1v) is 7.53. The maximum absolute atomic E-state index is 12.3. The Balaban J connectivity index is 2.87. The van der Waals surface area contributed by atoms with Gasteiger partial charge in [-0.2, -0.15) is 17.5 Å². The number of halogens is 4. The van der Waals surface area contributed by atoms with Crippen LogP contribution in [0.2, 0.25) is 0 Å². The lowest BCUT2D eigenvalue weighted by atomic mass is 10.2. The van der Waals surface area contributed by atoms with E-state index in [9.17, 15) is 21.6 Å². The lowest BCUT2D eigenvalue weighted by Crippen LogP contribution is -2.40. The van der Waals surface area contributed by atoms with Crippen molar-refractivity contribution >= 4 is 21.6 Å². The molecular weight excluding hydrogens is 303 g/mol. The molecule has 0 aliphatic heterocycles. The van der Waals surface area contributed by atoms with Crippen molar-refractivity contribution in [3.05, 3.63) is 35.9 Å². The molecule has 1 aromatic rings. The molecule has 0 N–H and O–H groups in total. The van der Waals surface area contributed by atoms with Crippen LogP contribution in [0.1, 0.15) is 5.56 Å². The van der Waals surface area contributed by atoms with Gasteiger partial charge in [0.2, 0.25) is 10.0 Å². The molecule has 0 bridgehead atoms. The molecule has 0 atom stereocenters. The van der Waals surface area contributed by atoms with Gasteiger partial charge in [0.25, 0.3) is 0 Å². The third kappa shape index (κ3) is 5.80. The van der Waals surface area contributed by atoms with Gasteiger partial charge in [-0.05, 0) is 5.56 Å². The van der Waals surface area contributed by atoms with Crippen LogP contribution in [0.25, 0.3) is 0 Å². The van der Waals surface area contributed by atoms with Crippen LogP contribution in [-0.4, -0.2) is 37.9 Å². The molecule has 8 heteroatoms. The standard InChI is InChI=1S/C11H13ClF3NO2S/c12-6-7-16(9-11(13,14)15)19(17,18)8-10-4-2-1-3-5-10/h1-5H,6-9H2. The van der Waals surface area contributed by atoms with Crippen LogP contribution in [0.4, 0.5) is 13.2 Å². The predicted molar refractivity (Wildman–Crippen MR) is 67.4 cm³/mol. The van der Waals surface area contributed by atoms with Crippen LogP contribution in [0.5, 0.6) is 0 Å². The third-order valence-electron chi connectivity index (χ3n) is 2.27. The van der Waals surface area contributed by atoms with Crippen LogP contribution in [-0.2, 0) is 15.8 Å². The average Bonchev–Trinajstić information content (AvgIpc) is 2.27. The van der Waals surface area contributed by atoms with Crippen LogP contribution >= 0.6 is 11.6 Å². The molecule has 0 fully saturated rings. The van der Waals surface area contributed by atoms with Crippen LogP contribution in [0.3, 0.4) is 0 Å². The van der Waals surface area contributed by atoms with Gasteiger partial charge in [0.15, 0.2) is 0 Å². The van der Waals surface area contributed by atoms with Crippen molar-refractivity contribution in [2.24, 2.45) is 0 Å². The van der Waals surface area contributed by atoms with E-state index in [1.807, 2.05) is 0 Å². The summed E-state index contributed by atoms with van der Waals surface area (Å²) in [7, 11) is -4.04. The number of nitrogens with zero attached hydrogens (tertiary/aromatic N) is 1. The SMILES string of the molecule is O=S(=O)(Cc1ccccc1)N(CCCl)CC(F)(F)F. The fraction of sp³-hybridized carbons (Fsp3) is 0.455. The van der Waals surface area contributed by atoms with E-state index in [1.165, 1.54) is 0 Å². The number of hydrogen-bond acceptors (Lipinski definition) is 2. The van der Waals surface area contributed by atoms with Crippen molar-refractivity contribution in [3.8, 4) is 0 Å². The Labute approximate surface area is 115 Å². The maximum atomic E-state index is 12.3. The molecule has 0 aromatic heterocycles. The van der Waals surface area contributed by atoms with E-state index in [1.54, 1.807) is 30.3 Å². The average molecular weight is 316 g/mol. The van der Waals surface area contributed by atoms with Crippen molar-refractivity contribution in [3.63, 3.8) is 0 Å². The smallest absolute Gasteiger partial charge is 0.212 e. The molecule has 0 amide bonds. The monoisotopic (exact) mass is 315 g/mol. The molecule has 0 heterocycles. The minimum absolute atomic E-state index is 0.190. The molecule has 0 aliphatic rings. The van der Waals surface area contributed by atoms with Gasteiger partial charge < -0.3 is 0 Å². The van der Waals surface area contributed by atoms with E-state index in [4.69, 9.17) is 11.6 Å². The van der Waals surface area contributed by atoms with E-state index < -0.39 is 28.5 Å². The van der Waals surface area contributed by atoms with Gasteiger partial charge in [-0.3, -0.25) is 0 Å². The van der Waals surface area contributed by atoms with Crippen molar-refractivity contribution < 1.29 is 21.6 Å². The molecule has 0 unspecified atom stereocenters. The van der Waals surface area contributed by atoms with Crippen molar-refractivity contribution in [1.82, 2.24) is 4.31 Å². The Bertz CT molecular complexity index is 490. The molecule has 3 nitrogen and oxygen atoms in total. The molecule has 0 aliphatic carbocycles. The van der Waals surface area contributed by atoms with Gasteiger partial charge in [0, 0.05) is 12.4 Å². The highest BCUT2D eigenvalue weighted by Crippen LogP contribution is 2.20. The van der Waals surface area contributed by atoms with Crippen molar-refractivity contribution in [1.29, 1.82) is 0 Å².